The van der Waals surface area contributed by atoms with E-state index in [0.29, 0.717) is 0 Å². The van der Waals surface area contributed by atoms with Crippen LogP contribution in [0.4, 0.5) is 0 Å². The zero-order valence-electron chi connectivity index (χ0n) is 12.8. The smallest absolute Gasteiger partial charge is 0.198 e. The zero-order valence-corrected chi connectivity index (χ0v) is 16.1. The molecule has 0 saturated heterocycles. The minimum atomic E-state index is 0.735. The molecule has 0 amide bonds. The summed E-state index contributed by atoms with van der Waals surface area (Å²) in [4.78, 5) is 8.99. The highest BCUT2D eigenvalue weighted by Crippen LogP contribution is 2.32. The van der Waals surface area contributed by atoms with Crippen LogP contribution in [0, 0.1) is 6.92 Å². The Labute approximate surface area is 154 Å². The second-order valence-corrected chi connectivity index (χ2v) is 9.12. The van der Waals surface area contributed by atoms with E-state index < -0.39 is 0 Å². The van der Waals surface area contributed by atoms with Gasteiger partial charge in [-0.1, -0.05) is 23.9 Å². The van der Waals surface area contributed by atoms with Gasteiger partial charge in [0.2, 0.25) is 0 Å². The maximum atomic E-state index is 4.64. The van der Waals surface area contributed by atoms with Crippen LogP contribution >= 0.6 is 46.4 Å². The first kappa shape index (κ1) is 16.0. The van der Waals surface area contributed by atoms with Crippen molar-refractivity contribution in [2.45, 2.75) is 26.5 Å². The predicted molar refractivity (Wildman–Crippen MR) is 99.0 cm³/mol. The second-order valence-electron chi connectivity index (χ2n) is 4.90. The van der Waals surface area contributed by atoms with Crippen LogP contribution in [0.2, 0.25) is 0 Å². The Morgan fingerprint density at radius 3 is 2.79 bits per heavy atom. The van der Waals surface area contributed by atoms with Crippen molar-refractivity contribution in [1.29, 1.82) is 0 Å². The third-order valence-electron chi connectivity index (χ3n) is 3.21. The monoisotopic (exact) mass is 392 g/mol. The third-order valence-corrected chi connectivity index (χ3v) is 7.27. The molecule has 24 heavy (non-hydrogen) atoms. The molecule has 1 aromatic carbocycles. The number of para-hydroxylation sites is 1. The molecule has 0 unspecified atom stereocenters. The molecule has 3 aromatic heterocycles. The van der Waals surface area contributed by atoms with E-state index in [1.807, 2.05) is 36.7 Å². The Morgan fingerprint density at radius 2 is 2.00 bits per heavy atom. The van der Waals surface area contributed by atoms with Gasteiger partial charge in [-0.25, -0.2) is 9.97 Å². The van der Waals surface area contributed by atoms with Crippen molar-refractivity contribution >= 4 is 56.6 Å². The van der Waals surface area contributed by atoms with Crippen molar-refractivity contribution in [3.63, 3.8) is 0 Å². The summed E-state index contributed by atoms with van der Waals surface area (Å²) in [6.45, 7) is 1.89. The largest absolute Gasteiger partial charge is 0.308 e. The molecule has 0 bridgehead atoms. The summed E-state index contributed by atoms with van der Waals surface area (Å²) in [5.41, 5.74) is 1.05. The minimum Gasteiger partial charge on any atom is -0.308 e. The molecular formula is C14H12N6S4. The lowest BCUT2D eigenvalue weighted by Gasteiger charge is -2.00. The predicted octanol–water partition coefficient (Wildman–Crippen LogP) is 4.03. The van der Waals surface area contributed by atoms with E-state index in [9.17, 15) is 0 Å². The number of nitrogens with zero attached hydrogens (tertiary/aromatic N) is 6. The van der Waals surface area contributed by atoms with Gasteiger partial charge in [-0.15, -0.1) is 21.5 Å². The van der Waals surface area contributed by atoms with E-state index in [2.05, 4.69) is 30.6 Å². The van der Waals surface area contributed by atoms with Gasteiger partial charge in [0, 0.05) is 7.05 Å². The highest BCUT2D eigenvalue weighted by molar-refractivity contribution is 8.01. The number of hydrogen-bond acceptors (Lipinski definition) is 9. The number of hydrogen-bond donors (Lipinski definition) is 0. The molecule has 0 atom stereocenters. The van der Waals surface area contributed by atoms with Crippen molar-refractivity contribution in [1.82, 2.24) is 29.1 Å². The van der Waals surface area contributed by atoms with Gasteiger partial charge < -0.3 is 4.57 Å². The Kier molecular flexibility index (Phi) is 4.53. The molecule has 0 N–H and O–H groups in total. The van der Waals surface area contributed by atoms with Crippen LogP contribution in [0.1, 0.15) is 11.6 Å². The lowest BCUT2D eigenvalue weighted by Crippen LogP contribution is -1.97. The summed E-state index contributed by atoms with van der Waals surface area (Å²) in [7, 11) is 1.98. The van der Waals surface area contributed by atoms with Gasteiger partial charge in [-0.05, 0) is 42.4 Å². The first-order valence-corrected chi connectivity index (χ1v) is 10.4. The van der Waals surface area contributed by atoms with Crippen molar-refractivity contribution < 1.29 is 0 Å². The van der Waals surface area contributed by atoms with Crippen molar-refractivity contribution in [3.05, 3.63) is 35.9 Å². The maximum Gasteiger partial charge on any atom is 0.198 e. The zero-order chi connectivity index (χ0) is 16.5. The average Bonchev–Trinajstić information content (AvgIpc) is 3.26. The van der Waals surface area contributed by atoms with Gasteiger partial charge in [-0.3, -0.25) is 0 Å². The molecule has 0 aliphatic rings. The molecule has 10 heteroatoms. The molecule has 0 fully saturated rings. The summed E-state index contributed by atoms with van der Waals surface area (Å²) in [5.74, 6) is 2.44. The van der Waals surface area contributed by atoms with Crippen molar-refractivity contribution in [2.24, 2.45) is 7.05 Å². The van der Waals surface area contributed by atoms with Crippen molar-refractivity contribution in [2.75, 3.05) is 0 Å². The van der Waals surface area contributed by atoms with E-state index in [1.165, 1.54) is 28.0 Å². The Bertz CT molecular complexity index is 955. The SMILES string of the molecule is Cc1nsc(Sc2nnc(CSc3nc4ccccc4s3)n2C)n1. The third kappa shape index (κ3) is 3.32. The molecule has 0 aliphatic heterocycles. The molecule has 4 aromatic rings. The number of aromatic nitrogens is 6. The average molecular weight is 393 g/mol. The van der Waals surface area contributed by atoms with Gasteiger partial charge in [0.15, 0.2) is 13.8 Å². The number of rotatable bonds is 5. The maximum absolute atomic E-state index is 4.64. The summed E-state index contributed by atoms with van der Waals surface area (Å²) in [6.07, 6.45) is 0. The van der Waals surface area contributed by atoms with Crippen LogP contribution < -0.4 is 0 Å². The van der Waals surface area contributed by atoms with Gasteiger partial charge in [-0.2, -0.15) is 4.37 Å². The molecule has 3 heterocycles. The fourth-order valence-corrected chi connectivity index (χ4v) is 5.61. The molecule has 0 saturated carbocycles. The van der Waals surface area contributed by atoms with E-state index in [0.717, 1.165) is 36.8 Å². The van der Waals surface area contributed by atoms with Gasteiger partial charge in [0.05, 0.1) is 16.0 Å². The van der Waals surface area contributed by atoms with E-state index in [4.69, 9.17) is 0 Å². The Balaban J connectivity index is 1.46. The van der Waals surface area contributed by atoms with Gasteiger partial charge in [0.1, 0.15) is 11.6 Å². The summed E-state index contributed by atoms with van der Waals surface area (Å²) in [6, 6.07) is 8.18. The molecule has 0 aliphatic carbocycles. The van der Waals surface area contributed by atoms with Crippen molar-refractivity contribution in [3.8, 4) is 0 Å². The first-order valence-electron chi connectivity index (χ1n) is 7.04. The van der Waals surface area contributed by atoms with Gasteiger partial charge >= 0.3 is 0 Å². The lowest BCUT2D eigenvalue weighted by atomic mass is 10.3. The summed E-state index contributed by atoms with van der Waals surface area (Å²) < 4.78 is 9.33. The van der Waals surface area contributed by atoms with E-state index >= 15 is 0 Å². The number of benzene rings is 1. The van der Waals surface area contributed by atoms with Crippen LogP contribution in [-0.4, -0.2) is 29.1 Å². The topological polar surface area (TPSA) is 69.4 Å². The Hall–Kier alpha value is -1.49. The molecule has 6 nitrogen and oxygen atoms in total. The molecule has 0 spiro atoms. The van der Waals surface area contributed by atoms with E-state index in [1.54, 1.807) is 23.1 Å². The van der Waals surface area contributed by atoms with Gasteiger partial charge in [0.25, 0.3) is 0 Å². The van der Waals surface area contributed by atoms with E-state index in [-0.39, 0.29) is 0 Å². The standard InChI is InChI=1S/C14H12N6S4/c1-8-15-14(24-19-8)23-12-18-17-11(20(12)2)7-21-13-16-9-5-3-4-6-10(9)22-13/h3-6H,7H2,1-2H3. The summed E-state index contributed by atoms with van der Waals surface area (Å²) in [5, 5.41) is 9.38. The highest BCUT2D eigenvalue weighted by atomic mass is 32.2. The van der Waals surface area contributed by atoms with Crippen LogP contribution in [0.5, 0.6) is 0 Å². The normalized spacial score (nSPS) is 11.4. The second kappa shape index (κ2) is 6.79. The van der Waals surface area contributed by atoms with Crippen LogP contribution in [0.25, 0.3) is 10.2 Å². The fraction of sp³-hybridized carbons (Fsp3) is 0.214. The minimum absolute atomic E-state index is 0.735. The molecule has 4 rings (SSSR count). The molecule has 0 radical (unpaired) electrons. The summed E-state index contributed by atoms with van der Waals surface area (Å²) >= 11 is 6.27. The van der Waals surface area contributed by atoms with Crippen LogP contribution in [0.3, 0.4) is 0 Å². The first-order chi connectivity index (χ1) is 11.7. The number of aryl methyl sites for hydroxylation is 1. The quantitative estimate of drug-likeness (QED) is 0.475. The number of thiazole rings is 1. The highest BCUT2D eigenvalue weighted by Gasteiger charge is 2.13. The molecule has 122 valence electrons. The Morgan fingerprint density at radius 1 is 1.12 bits per heavy atom. The lowest BCUT2D eigenvalue weighted by molar-refractivity contribution is 0.761. The number of thioether (sulfide) groups is 1. The number of fused-ring (bicyclic) bond motifs is 1. The van der Waals surface area contributed by atoms with Crippen LogP contribution in [-0.2, 0) is 12.8 Å². The van der Waals surface area contributed by atoms with Crippen LogP contribution in [0.15, 0.2) is 38.1 Å². The fourth-order valence-electron chi connectivity index (χ4n) is 2.00. The molecular weight excluding hydrogens is 380 g/mol.